The van der Waals surface area contributed by atoms with Gasteiger partial charge >= 0.3 is 0 Å². The fraction of sp³-hybridized carbons (Fsp3) is 0.360. The van der Waals surface area contributed by atoms with Gasteiger partial charge in [-0.2, -0.15) is 0 Å². The lowest BCUT2D eigenvalue weighted by molar-refractivity contribution is -0.120. The predicted molar refractivity (Wildman–Crippen MR) is 123 cm³/mol. The van der Waals surface area contributed by atoms with Gasteiger partial charge in [-0.05, 0) is 49.1 Å². The molecule has 1 atom stereocenters. The third kappa shape index (κ3) is 3.78. The number of para-hydroxylation sites is 1. The number of rotatable bonds is 5. The van der Waals surface area contributed by atoms with Crippen LogP contribution in [0.3, 0.4) is 0 Å². The molecule has 1 saturated heterocycles. The van der Waals surface area contributed by atoms with Crippen LogP contribution in [0.1, 0.15) is 25.3 Å². The van der Waals surface area contributed by atoms with Gasteiger partial charge in [-0.3, -0.25) is 9.59 Å². The molecule has 2 amide bonds. The molecule has 2 aliphatic rings. The molecule has 31 heavy (non-hydrogen) atoms. The van der Waals surface area contributed by atoms with E-state index in [1.54, 1.807) is 7.11 Å². The van der Waals surface area contributed by atoms with Crippen molar-refractivity contribution in [2.75, 3.05) is 44.1 Å². The van der Waals surface area contributed by atoms with Crippen molar-refractivity contribution in [1.29, 1.82) is 0 Å². The van der Waals surface area contributed by atoms with E-state index in [0.717, 1.165) is 31.6 Å². The maximum absolute atomic E-state index is 13.7. The molecule has 4 rings (SSSR count). The van der Waals surface area contributed by atoms with E-state index in [0.29, 0.717) is 34.2 Å². The number of amides is 2. The normalized spacial score (nSPS) is 19.3. The molecule has 1 fully saturated rings. The second-order valence-corrected chi connectivity index (χ2v) is 8.47. The van der Waals surface area contributed by atoms with E-state index in [1.807, 2.05) is 67.5 Å². The molecule has 162 valence electrons. The molecule has 2 aliphatic heterocycles. The molecule has 0 radical (unpaired) electrons. The van der Waals surface area contributed by atoms with Crippen molar-refractivity contribution >= 4 is 28.8 Å². The van der Waals surface area contributed by atoms with E-state index in [4.69, 9.17) is 4.74 Å². The van der Waals surface area contributed by atoms with Crippen LogP contribution in [0.5, 0.6) is 5.75 Å². The number of carbonyl (C=O) groups is 2. The Hall–Kier alpha value is -3.28. The molecule has 2 heterocycles. The molecule has 0 saturated carbocycles. The highest BCUT2D eigenvalue weighted by Gasteiger charge is 2.43. The quantitative estimate of drug-likeness (QED) is 0.691. The second-order valence-electron chi connectivity index (χ2n) is 8.47. The number of carbonyl (C=O) groups excluding carboxylic acids is 2. The zero-order chi connectivity index (χ0) is 22.1. The largest absolute Gasteiger partial charge is 0.496 e. The number of piperidine rings is 1. The summed E-state index contributed by atoms with van der Waals surface area (Å²) in [5.41, 5.74) is 3.15. The highest BCUT2D eigenvalue weighted by molar-refractivity contribution is 6.45. The molecule has 6 nitrogen and oxygen atoms in total. The fourth-order valence-corrected chi connectivity index (χ4v) is 4.43. The maximum atomic E-state index is 13.7. The van der Waals surface area contributed by atoms with E-state index in [2.05, 4.69) is 11.8 Å². The van der Waals surface area contributed by atoms with E-state index in [-0.39, 0.29) is 11.8 Å². The lowest BCUT2D eigenvalue weighted by atomic mass is 9.97. The number of anilines is 2. The SMILES string of the molecule is COc1ccccc1C1=C(N2CCCC(C)C2)C(=O)N(c2ccc(N(C)C)cc2)C1=O. The molecule has 0 aromatic heterocycles. The molecule has 0 bridgehead atoms. The Balaban J connectivity index is 1.82. The van der Waals surface area contributed by atoms with Gasteiger partial charge in [0.05, 0.1) is 18.4 Å². The van der Waals surface area contributed by atoms with E-state index in [1.165, 1.54) is 4.90 Å². The molecule has 6 heteroatoms. The summed E-state index contributed by atoms with van der Waals surface area (Å²) in [6.07, 6.45) is 2.13. The number of hydrogen-bond donors (Lipinski definition) is 0. The third-order valence-corrected chi connectivity index (χ3v) is 6.03. The first-order valence-electron chi connectivity index (χ1n) is 10.7. The average molecular weight is 420 g/mol. The number of nitrogens with zero attached hydrogens (tertiary/aromatic N) is 3. The summed E-state index contributed by atoms with van der Waals surface area (Å²) in [5, 5.41) is 0. The Labute approximate surface area is 183 Å². The van der Waals surface area contributed by atoms with Gasteiger partial charge < -0.3 is 14.5 Å². The van der Waals surface area contributed by atoms with Crippen LogP contribution in [0.4, 0.5) is 11.4 Å². The van der Waals surface area contributed by atoms with Crippen molar-refractivity contribution in [3.63, 3.8) is 0 Å². The molecule has 0 spiro atoms. The van der Waals surface area contributed by atoms with Crippen molar-refractivity contribution in [1.82, 2.24) is 4.90 Å². The second kappa shape index (κ2) is 8.46. The highest BCUT2D eigenvalue weighted by Crippen LogP contribution is 2.39. The van der Waals surface area contributed by atoms with Crippen molar-refractivity contribution in [2.45, 2.75) is 19.8 Å². The number of imide groups is 1. The summed E-state index contributed by atoms with van der Waals surface area (Å²) < 4.78 is 5.54. The molecular formula is C25H29N3O3. The summed E-state index contributed by atoms with van der Waals surface area (Å²) in [6, 6.07) is 14.9. The van der Waals surface area contributed by atoms with Gasteiger partial charge in [0.2, 0.25) is 0 Å². The third-order valence-electron chi connectivity index (χ3n) is 6.03. The molecular weight excluding hydrogens is 390 g/mol. The van der Waals surface area contributed by atoms with Crippen LogP contribution in [0.15, 0.2) is 54.2 Å². The molecule has 1 unspecified atom stereocenters. The van der Waals surface area contributed by atoms with Crippen LogP contribution >= 0.6 is 0 Å². The van der Waals surface area contributed by atoms with Crippen LogP contribution in [0.2, 0.25) is 0 Å². The fourth-order valence-electron chi connectivity index (χ4n) is 4.43. The van der Waals surface area contributed by atoms with Crippen LogP contribution in [-0.4, -0.2) is 51.0 Å². The smallest absolute Gasteiger partial charge is 0.282 e. The lowest BCUT2D eigenvalue weighted by Gasteiger charge is -2.33. The minimum absolute atomic E-state index is 0.266. The highest BCUT2D eigenvalue weighted by atomic mass is 16.5. The number of benzene rings is 2. The number of ether oxygens (including phenoxy) is 1. The zero-order valence-electron chi connectivity index (χ0n) is 18.6. The van der Waals surface area contributed by atoms with Crippen LogP contribution in [0.25, 0.3) is 5.57 Å². The van der Waals surface area contributed by atoms with Gasteiger partial charge in [0.1, 0.15) is 11.4 Å². The molecule has 2 aromatic rings. The molecule has 0 N–H and O–H groups in total. The van der Waals surface area contributed by atoms with E-state index in [9.17, 15) is 9.59 Å². The average Bonchev–Trinajstić information content (AvgIpc) is 3.03. The van der Waals surface area contributed by atoms with Gasteiger partial charge in [-0.1, -0.05) is 25.1 Å². The van der Waals surface area contributed by atoms with Gasteiger partial charge in [-0.25, -0.2) is 4.90 Å². The first-order chi connectivity index (χ1) is 14.9. The monoisotopic (exact) mass is 419 g/mol. The minimum Gasteiger partial charge on any atom is -0.496 e. The Morgan fingerprint density at radius 2 is 1.71 bits per heavy atom. The summed E-state index contributed by atoms with van der Waals surface area (Å²) in [6.45, 7) is 3.72. The van der Waals surface area contributed by atoms with E-state index >= 15 is 0 Å². The zero-order valence-corrected chi connectivity index (χ0v) is 18.6. The van der Waals surface area contributed by atoms with Crippen LogP contribution < -0.4 is 14.5 Å². The number of hydrogen-bond acceptors (Lipinski definition) is 5. The van der Waals surface area contributed by atoms with Gasteiger partial charge in [0.15, 0.2) is 0 Å². The summed E-state index contributed by atoms with van der Waals surface area (Å²) in [4.78, 5) is 32.7. The molecule has 2 aromatic carbocycles. The number of likely N-dealkylation sites (tertiary alicyclic amines) is 1. The van der Waals surface area contributed by atoms with Crippen molar-refractivity contribution in [2.24, 2.45) is 5.92 Å². The van der Waals surface area contributed by atoms with Gasteiger partial charge in [0.25, 0.3) is 11.8 Å². The van der Waals surface area contributed by atoms with Crippen molar-refractivity contribution in [3.05, 3.63) is 59.8 Å². The van der Waals surface area contributed by atoms with Crippen LogP contribution in [0, 0.1) is 5.92 Å². The summed E-state index contributed by atoms with van der Waals surface area (Å²) in [5.74, 6) is 0.487. The topological polar surface area (TPSA) is 53.1 Å². The predicted octanol–water partition coefficient (Wildman–Crippen LogP) is 3.78. The Kier molecular flexibility index (Phi) is 5.72. The maximum Gasteiger partial charge on any atom is 0.282 e. The molecule has 0 aliphatic carbocycles. The van der Waals surface area contributed by atoms with Crippen molar-refractivity contribution in [3.8, 4) is 5.75 Å². The van der Waals surface area contributed by atoms with Gasteiger partial charge in [0, 0.05) is 38.4 Å². The first kappa shape index (κ1) is 21.0. The lowest BCUT2D eigenvalue weighted by Crippen LogP contribution is -2.39. The number of methoxy groups -OCH3 is 1. The summed E-state index contributed by atoms with van der Waals surface area (Å²) >= 11 is 0. The minimum atomic E-state index is -0.305. The Morgan fingerprint density at radius 1 is 1.00 bits per heavy atom. The summed E-state index contributed by atoms with van der Waals surface area (Å²) in [7, 11) is 5.50. The van der Waals surface area contributed by atoms with E-state index < -0.39 is 0 Å². The Bertz CT molecular complexity index is 1030. The standard InChI is InChI=1S/C25H29N3O3/c1-17-8-7-15-27(16-17)23-22(20-9-5-6-10-21(20)31-4)24(29)28(25(23)30)19-13-11-18(12-14-19)26(2)3/h5-6,9-14,17H,7-8,15-16H2,1-4H3. The first-order valence-corrected chi connectivity index (χ1v) is 10.7. The van der Waals surface area contributed by atoms with Crippen molar-refractivity contribution < 1.29 is 14.3 Å². The van der Waals surface area contributed by atoms with Gasteiger partial charge in [-0.15, -0.1) is 0 Å². The van der Waals surface area contributed by atoms with Crippen LogP contribution in [-0.2, 0) is 9.59 Å². The Morgan fingerprint density at radius 3 is 2.35 bits per heavy atom.